The minimum Gasteiger partial charge on any atom is -0.497 e. The van der Waals surface area contributed by atoms with E-state index in [9.17, 15) is 9.59 Å². The number of nitrogens with zero attached hydrogens (tertiary/aromatic N) is 1. The largest absolute Gasteiger partial charge is 0.497 e. The average Bonchev–Trinajstić information content (AvgIpc) is 3.29. The van der Waals surface area contributed by atoms with Crippen LogP contribution in [0.4, 0.5) is 11.4 Å². The van der Waals surface area contributed by atoms with Gasteiger partial charge in [-0.3, -0.25) is 14.6 Å². The highest BCUT2D eigenvalue weighted by Crippen LogP contribution is 2.33. The topological polar surface area (TPSA) is 104 Å². The van der Waals surface area contributed by atoms with Crippen molar-refractivity contribution in [1.29, 1.82) is 0 Å². The number of carbonyl (C=O) groups is 2. The van der Waals surface area contributed by atoms with Crippen molar-refractivity contribution in [3.05, 3.63) is 83.2 Å². The molecule has 31 heavy (non-hydrogen) atoms. The molecule has 0 fully saturated rings. The molecule has 0 spiro atoms. The minimum atomic E-state index is -0.347. The third-order valence-electron chi connectivity index (χ3n) is 4.73. The van der Waals surface area contributed by atoms with Gasteiger partial charge in [-0.1, -0.05) is 18.2 Å². The second-order valence-corrected chi connectivity index (χ2v) is 7.44. The van der Waals surface area contributed by atoms with E-state index in [-0.39, 0.29) is 17.5 Å². The van der Waals surface area contributed by atoms with Gasteiger partial charge in [0.05, 0.1) is 30.6 Å². The van der Waals surface area contributed by atoms with Gasteiger partial charge < -0.3 is 24.8 Å². The minimum absolute atomic E-state index is 0.186. The molecular formula is C22H21N5O3S. The molecule has 3 aromatic rings. The predicted octanol–water partition coefficient (Wildman–Crippen LogP) is 3.35. The number of benzene rings is 2. The molecule has 0 atom stereocenters. The first-order chi connectivity index (χ1) is 15.1. The molecule has 2 heterocycles. The van der Waals surface area contributed by atoms with Gasteiger partial charge in [-0.15, -0.1) is 0 Å². The standard InChI is InChI=1S/C22H21N5O3S/c1-30-17-5-2-14(3-6-17)12-25-22(29)20-11-16(8-9-23-20)21(28)24-13-15-4-7-18-19(10-15)27-31-26-18/h2-11,26-27H,12-13H2,1H3,(H,24,28)(H,25,29). The molecule has 4 N–H and O–H groups in total. The Labute approximate surface area is 184 Å². The summed E-state index contributed by atoms with van der Waals surface area (Å²) in [5, 5.41) is 5.69. The molecule has 0 aliphatic carbocycles. The molecule has 0 unspecified atom stereocenters. The number of amides is 2. The molecule has 0 saturated heterocycles. The summed E-state index contributed by atoms with van der Waals surface area (Å²) in [7, 11) is 1.60. The zero-order valence-electron chi connectivity index (χ0n) is 16.8. The number of hydrogen-bond donors (Lipinski definition) is 4. The van der Waals surface area contributed by atoms with Crippen LogP contribution in [0.5, 0.6) is 5.75 Å². The highest BCUT2D eigenvalue weighted by molar-refractivity contribution is 8.02. The van der Waals surface area contributed by atoms with Crippen molar-refractivity contribution >= 4 is 35.3 Å². The van der Waals surface area contributed by atoms with Crippen LogP contribution in [0.15, 0.2) is 60.8 Å². The van der Waals surface area contributed by atoms with E-state index in [1.807, 2.05) is 42.5 Å². The third-order valence-corrected chi connectivity index (χ3v) is 5.37. The van der Waals surface area contributed by atoms with Gasteiger partial charge in [-0.2, -0.15) is 0 Å². The lowest BCUT2D eigenvalue weighted by Gasteiger charge is -2.09. The zero-order chi connectivity index (χ0) is 21.6. The lowest BCUT2D eigenvalue weighted by molar-refractivity contribution is 0.0946. The molecule has 0 saturated carbocycles. The SMILES string of the molecule is COc1ccc(CNC(=O)c2cc(C(=O)NCc3ccc4c(c3)NSN4)ccn2)cc1. The first-order valence-corrected chi connectivity index (χ1v) is 10.4. The van der Waals surface area contributed by atoms with E-state index in [0.717, 1.165) is 28.3 Å². The average molecular weight is 436 g/mol. The number of nitrogens with one attached hydrogen (secondary N) is 4. The van der Waals surface area contributed by atoms with Crippen molar-refractivity contribution in [2.24, 2.45) is 0 Å². The molecular weight excluding hydrogens is 414 g/mol. The number of rotatable bonds is 7. The Balaban J connectivity index is 1.34. The summed E-state index contributed by atoms with van der Waals surface area (Å²) in [4.78, 5) is 29.1. The number of pyridine rings is 1. The Hall–Kier alpha value is -3.72. The van der Waals surface area contributed by atoms with Crippen LogP contribution in [0.3, 0.4) is 0 Å². The molecule has 158 valence electrons. The fraction of sp³-hybridized carbons (Fsp3) is 0.136. The number of fused-ring (bicyclic) bond motifs is 1. The highest BCUT2D eigenvalue weighted by Gasteiger charge is 2.13. The summed E-state index contributed by atoms with van der Waals surface area (Å²) in [6, 6.07) is 16.4. The first-order valence-electron chi connectivity index (χ1n) is 9.58. The molecule has 0 bridgehead atoms. The molecule has 1 aromatic heterocycles. The van der Waals surface area contributed by atoms with Crippen LogP contribution in [0, 0.1) is 0 Å². The van der Waals surface area contributed by atoms with Crippen LogP contribution < -0.4 is 24.8 Å². The maximum atomic E-state index is 12.6. The molecule has 2 amide bonds. The number of ether oxygens (including phenoxy) is 1. The van der Waals surface area contributed by atoms with Crippen LogP contribution in [0.2, 0.25) is 0 Å². The fourth-order valence-electron chi connectivity index (χ4n) is 3.01. The van der Waals surface area contributed by atoms with Crippen LogP contribution in [0.1, 0.15) is 32.0 Å². The van der Waals surface area contributed by atoms with Gasteiger partial charge in [-0.25, -0.2) is 0 Å². The van der Waals surface area contributed by atoms with E-state index in [2.05, 4.69) is 25.1 Å². The van der Waals surface area contributed by atoms with E-state index in [1.54, 1.807) is 13.2 Å². The smallest absolute Gasteiger partial charge is 0.270 e. The van der Waals surface area contributed by atoms with E-state index in [4.69, 9.17) is 4.74 Å². The number of methoxy groups -OCH3 is 1. The molecule has 2 aromatic carbocycles. The van der Waals surface area contributed by atoms with E-state index in [1.165, 1.54) is 24.4 Å². The van der Waals surface area contributed by atoms with Crippen molar-refractivity contribution in [3.63, 3.8) is 0 Å². The van der Waals surface area contributed by atoms with Crippen LogP contribution in [-0.2, 0) is 13.1 Å². The molecule has 9 heteroatoms. The van der Waals surface area contributed by atoms with Crippen LogP contribution in [-0.4, -0.2) is 23.9 Å². The Morgan fingerprint density at radius 2 is 1.61 bits per heavy atom. The quantitative estimate of drug-likeness (QED) is 0.422. The number of carbonyl (C=O) groups excluding carboxylic acids is 2. The number of anilines is 2. The van der Waals surface area contributed by atoms with E-state index >= 15 is 0 Å². The second-order valence-electron chi connectivity index (χ2n) is 6.83. The van der Waals surface area contributed by atoms with Crippen molar-refractivity contribution in [2.45, 2.75) is 13.1 Å². The van der Waals surface area contributed by atoms with Gasteiger partial charge >= 0.3 is 0 Å². The summed E-state index contributed by atoms with van der Waals surface area (Å²) in [5.74, 6) is 0.134. The van der Waals surface area contributed by atoms with Crippen LogP contribution in [0.25, 0.3) is 0 Å². The van der Waals surface area contributed by atoms with E-state index < -0.39 is 0 Å². The van der Waals surface area contributed by atoms with Crippen LogP contribution >= 0.6 is 12.1 Å². The summed E-state index contributed by atoms with van der Waals surface area (Å²) < 4.78 is 11.4. The Morgan fingerprint density at radius 3 is 2.42 bits per heavy atom. The van der Waals surface area contributed by atoms with Crippen molar-refractivity contribution in [3.8, 4) is 5.75 Å². The lowest BCUT2D eigenvalue weighted by atomic mass is 10.1. The molecule has 0 radical (unpaired) electrons. The van der Waals surface area contributed by atoms with Gasteiger partial charge in [-0.05, 0) is 47.5 Å². The summed E-state index contributed by atoms with van der Waals surface area (Å²) >= 11 is 1.40. The molecule has 4 rings (SSSR count). The van der Waals surface area contributed by atoms with Gasteiger partial charge in [0.1, 0.15) is 11.4 Å². The van der Waals surface area contributed by atoms with Gasteiger partial charge in [0.15, 0.2) is 0 Å². The Bertz CT molecular complexity index is 1100. The third kappa shape index (κ3) is 5.07. The number of aromatic nitrogens is 1. The maximum Gasteiger partial charge on any atom is 0.270 e. The Morgan fingerprint density at radius 1 is 0.903 bits per heavy atom. The maximum absolute atomic E-state index is 12.6. The fourth-order valence-corrected chi connectivity index (χ4v) is 3.62. The van der Waals surface area contributed by atoms with Crippen molar-refractivity contribution in [1.82, 2.24) is 15.6 Å². The Kier molecular flexibility index (Phi) is 6.23. The van der Waals surface area contributed by atoms with Gasteiger partial charge in [0, 0.05) is 24.8 Å². The first kappa shape index (κ1) is 20.5. The predicted molar refractivity (Wildman–Crippen MR) is 121 cm³/mol. The van der Waals surface area contributed by atoms with Crippen molar-refractivity contribution in [2.75, 3.05) is 16.6 Å². The summed E-state index contributed by atoms with van der Waals surface area (Å²) in [5.41, 5.74) is 4.46. The van der Waals surface area contributed by atoms with E-state index in [0.29, 0.717) is 18.7 Å². The zero-order valence-corrected chi connectivity index (χ0v) is 17.6. The van der Waals surface area contributed by atoms with Gasteiger partial charge in [0.25, 0.3) is 11.8 Å². The monoisotopic (exact) mass is 435 g/mol. The summed E-state index contributed by atoms with van der Waals surface area (Å²) in [6.07, 6.45) is 1.46. The molecule has 1 aliphatic rings. The molecule has 8 nitrogen and oxygen atoms in total. The second kappa shape index (κ2) is 9.40. The summed E-state index contributed by atoms with van der Waals surface area (Å²) in [6.45, 7) is 0.722. The lowest BCUT2D eigenvalue weighted by Crippen LogP contribution is -2.26. The molecule has 1 aliphatic heterocycles. The normalized spacial score (nSPS) is 11.6. The van der Waals surface area contributed by atoms with Crippen molar-refractivity contribution < 1.29 is 14.3 Å². The number of hydrogen-bond acceptors (Lipinski definition) is 7. The van der Waals surface area contributed by atoms with Gasteiger partial charge in [0.2, 0.25) is 0 Å². The highest BCUT2D eigenvalue weighted by atomic mass is 32.2.